The second-order valence-corrected chi connectivity index (χ2v) is 12.8. The van der Waals surface area contributed by atoms with Crippen LogP contribution in [-0.4, -0.2) is 73.5 Å². The first-order valence-electron chi connectivity index (χ1n) is 12.3. The van der Waals surface area contributed by atoms with Gasteiger partial charge in [0.1, 0.15) is 11.4 Å². The monoisotopic (exact) mass is 581 g/mol. The van der Waals surface area contributed by atoms with Crippen molar-refractivity contribution in [2.45, 2.75) is 50.2 Å². The number of Topliss-reactive ketones (excluding diaryl/α,β-unsaturated/α-hetero) is 1. The predicted octanol–water partition coefficient (Wildman–Crippen LogP) is 1.63. The average molecular weight is 582 g/mol. The number of piperidine rings is 1. The molecule has 4 N–H and O–H groups in total. The molecule has 1 spiro atoms. The highest BCUT2D eigenvalue weighted by Crippen LogP contribution is 2.41. The summed E-state index contributed by atoms with van der Waals surface area (Å²) in [5, 5.41) is 0. The molecule has 1 unspecified atom stereocenters. The van der Waals surface area contributed by atoms with Gasteiger partial charge in [0.05, 0.1) is 18.2 Å². The fraction of sp³-hybridized carbons (Fsp3) is 0.440. The van der Waals surface area contributed by atoms with Gasteiger partial charge in [-0.3, -0.25) is 23.8 Å². The third-order valence-corrected chi connectivity index (χ3v) is 7.92. The summed E-state index contributed by atoms with van der Waals surface area (Å²) in [6.07, 6.45) is 5.82. The van der Waals surface area contributed by atoms with Crippen LogP contribution in [0.3, 0.4) is 0 Å². The van der Waals surface area contributed by atoms with Crippen molar-refractivity contribution in [3.05, 3.63) is 58.7 Å². The minimum atomic E-state index is -4.92. The predicted molar refractivity (Wildman–Crippen MR) is 142 cm³/mol. The number of hydrogen-bond acceptors (Lipinski definition) is 9. The number of carbonyl (C=O) groups excluding carboxylic acids is 2. The van der Waals surface area contributed by atoms with E-state index >= 15 is 0 Å². The number of amides is 1. The van der Waals surface area contributed by atoms with Crippen LogP contribution in [0.25, 0.3) is 0 Å². The van der Waals surface area contributed by atoms with Crippen molar-refractivity contribution in [2.75, 3.05) is 24.1 Å². The molecular weight excluding hydrogens is 550 g/mol. The number of nitrogens with one attached hydrogen (secondary N) is 1. The minimum absolute atomic E-state index is 0. The lowest BCUT2D eigenvalue weighted by atomic mass is 9.80. The lowest BCUT2D eigenvalue weighted by molar-refractivity contribution is -0.0200. The molecule has 14 heteroatoms. The number of rotatable bonds is 4. The normalized spacial score (nSPS) is 20.6. The molecule has 1 fully saturated rings. The van der Waals surface area contributed by atoms with Crippen LogP contribution in [0.5, 0.6) is 5.75 Å². The third-order valence-electron chi connectivity index (χ3n) is 7.31. The number of ketones is 1. The van der Waals surface area contributed by atoms with Gasteiger partial charge in [-0.15, -0.1) is 0 Å². The van der Waals surface area contributed by atoms with Crippen molar-refractivity contribution in [2.24, 2.45) is 5.73 Å². The lowest BCUT2D eigenvalue weighted by Crippen LogP contribution is -2.54. The molecular formula is C25H31N3O9S2. The molecule has 212 valence electrons. The Balaban J connectivity index is 0.000000677. The number of fused-ring (bicyclic) bond motifs is 2. The zero-order valence-corrected chi connectivity index (χ0v) is 22.9. The Hall–Kier alpha value is -3.04. The summed E-state index contributed by atoms with van der Waals surface area (Å²) in [4.78, 5) is 26.9. The molecule has 2 aliphatic heterocycles. The molecule has 1 aliphatic carbocycles. The van der Waals surface area contributed by atoms with Gasteiger partial charge in [0.15, 0.2) is 5.78 Å². The van der Waals surface area contributed by atoms with Crippen molar-refractivity contribution < 1.29 is 41.7 Å². The van der Waals surface area contributed by atoms with Gasteiger partial charge in [-0.2, -0.15) is 0 Å². The highest BCUT2D eigenvalue weighted by atomic mass is 32.3. The maximum absolute atomic E-state index is 13.0. The molecule has 39 heavy (non-hydrogen) atoms. The van der Waals surface area contributed by atoms with E-state index in [-0.39, 0.29) is 7.21 Å². The van der Waals surface area contributed by atoms with Gasteiger partial charge in [0.25, 0.3) is 0 Å². The molecule has 5 rings (SSSR count). The van der Waals surface area contributed by atoms with Crippen molar-refractivity contribution in [3.8, 4) is 5.75 Å². The van der Waals surface area contributed by atoms with Gasteiger partial charge in [0, 0.05) is 43.2 Å². The van der Waals surface area contributed by atoms with Gasteiger partial charge in [-0.05, 0) is 60.7 Å². The quantitative estimate of drug-likeness (QED) is 0.352. The van der Waals surface area contributed by atoms with E-state index in [4.69, 9.17) is 28.0 Å². The fourth-order valence-corrected chi connectivity index (χ4v) is 6.10. The number of nitrogens with zero attached hydrogens (tertiary/aromatic N) is 1. The summed E-state index contributed by atoms with van der Waals surface area (Å²) in [5.41, 5.74) is 8.77. The number of ether oxygens (including phenoxy) is 1. The first-order valence-corrected chi connectivity index (χ1v) is 15.5. The Bertz CT molecular complexity index is 1500. The molecule has 1 atom stereocenters. The maximum Gasteiger partial charge on any atom is 1.00 e. The van der Waals surface area contributed by atoms with Crippen LogP contribution in [0.4, 0.5) is 5.69 Å². The fourth-order valence-electron chi connectivity index (χ4n) is 5.55. The number of hydrogen-bond donors (Lipinski definition) is 3. The highest BCUT2D eigenvalue weighted by Gasteiger charge is 2.44. The first-order chi connectivity index (χ1) is 18.1. The molecule has 2 aromatic carbocycles. The standard InChI is InChI=1S/C25H29N3O5S.H2O4S/c1-34(31,32)27-19-5-7-23-21(14-19)22(29)15-25(33-23)8-10-28(11-9-25)20-6-4-16-12-18(24(26)30)3-2-17(16)13-20;1-5(2,3)4/h2-3,5,7,12,14,20,27H,4,6,8-11,13,15H2,1H3,(H2,26,30);(H2,1,2,3,4). The van der Waals surface area contributed by atoms with Crippen molar-refractivity contribution in [1.82, 2.24) is 4.90 Å². The topological polar surface area (TPSA) is 196 Å². The molecule has 3 aliphatic rings. The van der Waals surface area contributed by atoms with E-state index in [9.17, 15) is 18.0 Å². The van der Waals surface area contributed by atoms with Gasteiger partial charge in [-0.25, -0.2) is 16.8 Å². The van der Waals surface area contributed by atoms with E-state index in [2.05, 4.69) is 9.62 Å². The maximum atomic E-state index is 13.0. The van der Waals surface area contributed by atoms with E-state index < -0.39 is 31.9 Å². The Morgan fingerprint density at radius 2 is 1.82 bits per heavy atom. The van der Waals surface area contributed by atoms with Gasteiger partial charge >= 0.3 is 1.43 Å². The van der Waals surface area contributed by atoms with E-state index in [1.807, 2.05) is 18.2 Å². The van der Waals surface area contributed by atoms with Crippen molar-refractivity contribution in [3.63, 3.8) is 0 Å². The molecule has 1 saturated heterocycles. The van der Waals surface area contributed by atoms with E-state index in [0.29, 0.717) is 35.0 Å². The zero-order chi connectivity index (χ0) is 28.6. The molecule has 1 amide bonds. The van der Waals surface area contributed by atoms with Crippen LogP contribution in [0.15, 0.2) is 36.4 Å². The Kier molecular flexibility index (Phi) is 8.06. The number of likely N-dealkylation sites (tertiary alicyclic amines) is 1. The number of nitrogens with two attached hydrogens (primary N) is 1. The number of primary amides is 1. The molecule has 2 aromatic rings. The smallest absolute Gasteiger partial charge is 0.726 e. The van der Waals surface area contributed by atoms with Gasteiger partial charge in [0.2, 0.25) is 26.3 Å². The number of anilines is 1. The van der Waals surface area contributed by atoms with E-state index in [0.717, 1.165) is 51.4 Å². The van der Waals surface area contributed by atoms with E-state index in [1.165, 1.54) is 11.1 Å². The second-order valence-electron chi connectivity index (χ2n) is 10.2. The van der Waals surface area contributed by atoms with Gasteiger partial charge in [-0.1, -0.05) is 6.07 Å². The number of carbonyl (C=O) groups is 2. The van der Waals surface area contributed by atoms with Crippen LogP contribution in [0.1, 0.15) is 59.0 Å². The Labute approximate surface area is 228 Å². The van der Waals surface area contributed by atoms with Crippen LogP contribution in [0, 0.1) is 0 Å². The molecule has 0 saturated carbocycles. The summed E-state index contributed by atoms with van der Waals surface area (Å²) >= 11 is 0. The molecule has 0 radical (unpaired) electrons. The Morgan fingerprint density at radius 3 is 2.44 bits per heavy atom. The summed E-state index contributed by atoms with van der Waals surface area (Å²) in [6.45, 7) is 1.71. The molecule has 0 aromatic heterocycles. The minimum Gasteiger partial charge on any atom is -0.726 e. The second kappa shape index (κ2) is 10.8. The number of sulfonamides is 1. The van der Waals surface area contributed by atoms with Crippen LogP contribution < -0.4 is 15.2 Å². The first kappa shape index (κ1) is 29.0. The lowest BCUT2D eigenvalue weighted by Gasteiger charge is -2.46. The van der Waals surface area contributed by atoms with Crippen LogP contribution in [0.2, 0.25) is 0 Å². The summed E-state index contributed by atoms with van der Waals surface area (Å²) in [5.74, 6) is 0.127. The SMILES string of the molecule is CS(=O)(=O)Nc1ccc2c(c1)C(=O)CC1(CCN(C3CCc4cc(C(N)=O)ccc4C3)CC1)O2.O=S(=O)([O-])O.[H+]. The Morgan fingerprint density at radius 1 is 1.15 bits per heavy atom. The van der Waals surface area contributed by atoms with Crippen molar-refractivity contribution >= 4 is 37.8 Å². The van der Waals surface area contributed by atoms with Gasteiger partial charge < -0.3 is 15.0 Å². The molecule has 2 heterocycles. The largest absolute Gasteiger partial charge is 1.00 e. The summed E-state index contributed by atoms with van der Waals surface area (Å²) in [6, 6.07) is 11.1. The van der Waals surface area contributed by atoms with Crippen LogP contribution >= 0.6 is 0 Å². The molecule has 0 bridgehead atoms. The highest BCUT2D eigenvalue weighted by molar-refractivity contribution is 7.92. The summed E-state index contributed by atoms with van der Waals surface area (Å²) in [7, 11) is -8.33. The third kappa shape index (κ3) is 7.54. The molecule has 12 nitrogen and oxygen atoms in total. The van der Waals surface area contributed by atoms with Crippen LogP contribution in [-0.2, 0) is 33.3 Å². The number of benzene rings is 2. The zero-order valence-electron chi connectivity index (χ0n) is 22.3. The summed E-state index contributed by atoms with van der Waals surface area (Å²) < 4.78 is 64.7. The number of aryl methyl sites for hydroxylation is 1. The average Bonchev–Trinajstić information content (AvgIpc) is 2.82. The van der Waals surface area contributed by atoms with Crippen molar-refractivity contribution in [1.29, 1.82) is 0 Å². The van der Waals surface area contributed by atoms with E-state index in [1.54, 1.807) is 18.2 Å².